The van der Waals surface area contributed by atoms with Gasteiger partial charge in [-0.2, -0.15) is 0 Å². The van der Waals surface area contributed by atoms with Crippen LogP contribution in [0, 0.1) is 6.92 Å². The van der Waals surface area contributed by atoms with E-state index in [9.17, 15) is 9.59 Å². The van der Waals surface area contributed by atoms with Crippen LogP contribution >= 0.6 is 0 Å². The van der Waals surface area contributed by atoms with E-state index >= 15 is 0 Å². The molecule has 0 aliphatic carbocycles. The molecule has 1 atom stereocenters. The Hall–Kier alpha value is -1.91. The highest BCUT2D eigenvalue weighted by Gasteiger charge is 2.32. The van der Waals surface area contributed by atoms with Gasteiger partial charge in [-0.1, -0.05) is 13.0 Å². The lowest BCUT2D eigenvalue weighted by Gasteiger charge is -2.34. The van der Waals surface area contributed by atoms with Gasteiger partial charge in [0, 0.05) is 18.4 Å². The number of rotatable bonds is 3. The SMILES string of the molecule is CCC1C(=O)NCC(=O)N1Cc1ccc(C)nc1. The average molecular weight is 247 g/mol. The van der Waals surface area contributed by atoms with Crippen molar-refractivity contribution >= 4 is 11.8 Å². The fourth-order valence-electron chi connectivity index (χ4n) is 2.09. The highest BCUT2D eigenvalue weighted by atomic mass is 16.2. The summed E-state index contributed by atoms with van der Waals surface area (Å²) in [5, 5.41) is 2.61. The Bertz CT molecular complexity index is 456. The molecule has 2 rings (SSSR count). The van der Waals surface area contributed by atoms with Gasteiger partial charge in [0.25, 0.3) is 0 Å². The summed E-state index contributed by atoms with van der Waals surface area (Å²) in [5.74, 6) is -0.112. The fourth-order valence-corrected chi connectivity index (χ4v) is 2.09. The van der Waals surface area contributed by atoms with Crippen molar-refractivity contribution in [3.8, 4) is 0 Å². The van der Waals surface area contributed by atoms with Gasteiger partial charge in [0.2, 0.25) is 11.8 Å². The minimum absolute atomic E-state index is 0.0398. The fraction of sp³-hybridized carbons (Fsp3) is 0.462. The van der Waals surface area contributed by atoms with Crippen LogP contribution in [0.25, 0.3) is 0 Å². The summed E-state index contributed by atoms with van der Waals surface area (Å²) in [6.07, 6.45) is 2.37. The van der Waals surface area contributed by atoms with E-state index in [1.54, 1.807) is 11.1 Å². The summed E-state index contributed by atoms with van der Waals surface area (Å²) < 4.78 is 0. The molecule has 1 aliphatic heterocycles. The minimum atomic E-state index is -0.368. The predicted molar refractivity (Wildman–Crippen MR) is 66.6 cm³/mol. The Kier molecular flexibility index (Phi) is 3.60. The molecule has 0 radical (unpaired) electrons. The van der Waals surface area contributed by atoms with Crippen LogP contribution < -0.4 is 5.32 Å². The lowest BCUT2D eigenvalue weighted by atomic mass is 10.1. The van der Waals surface area contributed by atoms with E-state index in [-0.39, 0.29) is 24.4 Å². The number of carbonyl (C=O) groups is 2. The summed E-state index contributed by atoms with van der Waals surface area (Å²) in [6.45, 7) is 4.36. The number of hydrogen-bond donors (Lipinski definition) is 1. The molecule has 18 heavy (non-hydrogen) atoms. The van der Waals surface area contributed by atoms with Gasteiger partial charge in [-0.25, -0.2) is 0 Å². The molecule has 96 valence electrons. The standard InChI is InChI=1S/C13H17N3O2/c1-3-11-13(18)15-7-12(17)16(11)8-10-5-4-9(2)14-6-10/h4-6,11H,3,7-8H2,1-2H3,(H,15,18). The zero-order valence-electron chi connectivity index (χ0n) is 10.6. The molecular weight excluding hydrogens is 230 g/mol. The van der Waals surface area contributed by atoms with Crippen LogP contribution in [0.3, 0.4) is 0 Å². The van der Waals surface area contributed by atoms with Gasteiger partial charge in [-0.15, -0.1) is 0 Å². The second kappa shape index (κ2) is 5.16. The van der Waals surface area contributed by atoms with Gasteiger partial charge in [0.15, 0.2) is 0 Å². The van der Waals surface area contributed by atoms with Crippen molar-refractivity contribution in [2.45, 2.75) is 32.9 Å². The molecule has 2 amide bonds. The minimum Gasteiger partial charge on any atom is -0.345 e. The summed E-state index contributed by atoms with van der Waals surface area (Å²) in [4.78, 5) is 29.4. The molecule has 1 N–H and O–H groups in total. The molecule has 1 aromatic rings. The lowest BCUT2D eigenvalue weighted by molar-refractivity contribution is -0.146. The molecule has 1 saturated heterocycles. The van der Waals surface area contributed by atoms with Crippen molar-refractivity contribution in [1.82, 2.24) is 15.2 Å². The monoisotopic (exact) mass is 247 g/mol. The number of amides is 2. The highest BCUT2D eigenvalue weighted by Crippen LogP contribution is 2.14. The third kappa shape index (κ3) is 2.50. The zero-order chi connectivity index (χ0) is 13.1. The van der Waals surface area contributed by atoms with Crippen LogP contribution in [0.15, 0.2) is 18.3 Å². The second-order valence-corrected chi connectivity index (χ2v) is 4.47. The van der Waals surface area contributed by atoms with E-state index in [0.29, 0.717) is 13.0 Å². The number of nitrogens with zero attached hydrogens (tertiary/aromatic N) is 2. The first-order chi connectivity index (χ1) is 8.61. The number of piperazine rings is 1. The average Bonchev–Trinajstić information content (AvgIpc) is 2.37. The Morgan fingerprint density at radius 1 is 1.44 bits per heavy atom. The van der Waals surface area contributed by atoms with Crippen molar-refractivity contribution in [3.05, 3.63) is 29.6 Å². The topological polar surface area (TPSA) is 62.3 Å². The molecule has 1 fully saturated rings. The molecule has 1 aliphatic rings. The maximum absolute atomic E-state index is 11.9. The second-order valence-electron chi connectivity index (χ2n) is 4.47. The van der Waals surface area contributed by atoms with Crippen LogP contribution in [0.1, 0.15) is 24.6 Å². The number of nitrogens with one attached hydrogen (secondary N) is 1. The van der Waals surface area contributed by atoms with Gasteiger partial charge < -0.3 is 10.2 Å². The molecule has 0 aromatic carbocycles. The third-order valence-corrected chi connectivity index (χ3v) is 3.13. The van der Waals surface area contributed by atoms with Crippen LogP contribution in [-0.2, 0) is 16.1 Å². The summed E-state index contributed by atoms with van der Waals surface area (Å²) >= 11 is 0. The van der Waals surface area contributed by atoms with Crippen LogP contribution in [-0.4, -0.2) is 34.3 Å². The number of carbonyl (C=O) groups excluding carboxylic acids is 2. The number of aryl methyl sites for hydroxylation is 1. The first-order valence-corrected chi connectivity index (χ1v) is 6.10. The van der Waals surface area contributed by atoms with E-state index < -0.39 is 0 Å². The maximum atomic E-state index is 11.9. The smallest absolute Gasteiger partial charge is 0.243 e. The van der Waals surface area contributed by atoms with E-state index in [1.807, 2.05) is 26.0 Å². The quantitative estimate of drug-likeness (QED) is 0.852. The van der Waals surface area contributed by atoms with Crippen molar-refractivity contribution in [2.75, 3.05) is 6.54 Å². The van der Waals surface area contributed by atoms with E-state index in [4.69, 9.17) is 0 Å². The highest BCUT2D eigenvalue weighted by molar-refractivity contribution is 5.94. The van der Waals surface area contributed by atoms with Gasteiger partial charge in [-0.05, 0) is 25.0 Å². The zero-order valence-corrected chi connectivity index (χ0v) is 10.6. The Morgan fingerprint density at radius 3 is 2.83 bits per heavy atom. The van der Waals surface area contributed by atoms with Crippen molar-refractivity contribution in [2.24, 2.45) is 0 Å². The van der Waals surface area contributed by atoms with Crippen LogP contribution in [0.5, 0.6) is 0 Å². The van der Waals surface area contributed by atoms with E-state index in [0.717, 1.165) is 11.3 Å². The number of aromatic nitrogens is 1. The largest absolute Gasteiger partial charge is 0.345 e. The van der Waals surface area contributed by atoms with Crippen molar-refractivity contribution in [1.29, 1.82) is 0 Å². The summed E-state index contributed by atoms with van der Waals surface area (Å²) in [5.41, 5.74) is 1.88. The number of pyridine rings is 1. The third-order valence-electron chi connectivity index (χ3n) is 3.13. The molecule has 5 nitrogen and oxygen atoms in total. The predicted octanol–water partition coefficient (Wildman–Crippen LogP) is 0.627. The Labute approximate surface area is 106 Å². The summed E-state index contributed by atoms with van der Waals surface area (Å²) in [7, 11) is 0. The van der Waals surface area contributed by atoms with Crippen LogP contribution in [0.2, 0.25) is 0 Å². The normalized spacial score (nSPS) is 19.9. The van der Waals surface area contributed by atoms with Gasteiger partial charge in [0.05, 0.1) is 6.54 Å². The van der Waals surface area contributed by atoms with E-state index in [2.05, 4.69) is 10.3 Å². The Morgan fingerprint density at radius 2 is 2.22 bits per heavy atom. The van der Waals surface area contributed by atoms with Gasteiger partial charge in [0.1, 0.15) is 6.04 Å². The van der Waals surface area contributed by atoms with E-state index in [1.165, 1.54) is 0 Å². The van der Waals surface area contributed by atoms with Gasteiger partial charge in [-0.3, -0.25) is 14.6 Å². The van der Waals surface area contributed by atoms with Crippen molar-refractivity contribution in [3.63, 3.8) is 0 Å². The molecule has 0 saturated carbocycles. The molecule has 1 aromatic heterocycles. The molecule has 0 spiro atoms. The number of hydrogen-bond acceptors (Lipinski definition) is 3. The molecule has 0 bridgehead atoms. The van der Waals surface area contributed by atoms with Crippen LogP contribution in [0.4, 0.5) is 0 Å². The molecule has 1 unspecified atom stereocenters. The van der Waals surface area contributed by atoms with Gasteiger partial charge >= 0.3 is 0 Å². The Balaban J connectivity index is 2.16. The molecule has 5 heteroatoms. The summed E-state index contributed by atoms with van der Waals surface area (Å²) in [6, 6.07) is 3.48. The van der Waals surface area contributed by atoms with Crippen molar-refractivity contribution < 1.29 is 9.59 Å². The maximum Gasteiger partial charge on any atom is 0.243 e. The molecule has 2 heterocycles. The first kappa shape index (κ1) is 12.5. The first-order valence-electron chi connectivity index (χ1n) is 6.10. The molecular formula is C13H17N3O2. The lowest BCUT2D eigenvalue weighted by Crippen LogP contribution is -2.57.